The third-order valence-corrected chi connectivity index (χ3v) is 5.36. The number of nitrogens with zero attached hydrogens (tertiary/aromatic N) is 3. The first kappa shape index (κ1) is 18.0. The van der Waals surface area contributed by atoms with Crippen LogP contribution in [0.25, 0.3) is 0 Å². The number of rotatable bonds is 5. The second kappa shape index (κ2) is 8.02. The van der Waals surface area contributed by atoms with E-state index in [0.29, 0.717) is 18.9 Å². The number of imidazole rings is 1. The molecule has 2 aliphatic rings. The zero-order chi connectivity index (χ0) is 17.8. The number of carbonyl (C=O) groups is 2. The van der Waals surface area contributed by atoms with Gasteiger partial charge in [-0.2, -0.15) is 0 Å². The minimum atomic E-state index is -0.303. The number of carbonyl (C=O) groups excluding carboxylic acids is 2. The van der Waals surface area contributed by atoms with Crippen molar-refractivity contribution in [1.29, 1.82) is 0 Å². The molecule has 25 heavy (non-hydrogen) atoms. The average Bonchev–Trinajstić information content (AvgIpc) is 3.14. The molecule has 0 saturated carbocycles. The van der Waals surface area contributed by atoms with Crippen molar-refractivity contribution in [3.63, 3.8) is 0 Å². The largest absolute Gasteiger partial charge is 0.348 e. The Balaban J connectivity index is 1.73. The highest BCUT2D eigenvalue weighted by molar-refractivity contribution is 5.88. The van der Waals surface area contributed by atoms with Crippen LogP contribution in [0.15, 0.2) is 12.4 Å². The van der Waals surface area contributed by atoms with Crippen molar-refractivity contribution < 1.29 is 9.59 Å². The van der Waals surface area contributed by atoms with Crippen molar-refractivity contribution in [3.8, 4) is 0 Å². The van der Waals surface area contributed by atoms with Crippen LogP contribution in [0.3, 0.4) is 0 Å². The van der Waals surface area contributed by atoms with Crippen molar-refractivity contribution in [1.82, 2.24) is 19.8 Å². The van der Waals surface area contributed by atoms with Crippen molar-refractivity contribution >= 4 is 11.8 Å². The van der Waals surface area contributed by atoms with Crippen molar-refractivity contribution in [2.45, 2.75) is 64.3 Å². The maximum absolute atomic E-state index is 13.3. The Morgan fingerprint density at radius 2 is 2.16 bits per heavy atom. The van der Waals surface area contributed by atoms with Gasteiger partial charge in [-0.1, -0.05) is 13.8 Å². The molecule has 2 aliphatic heterocycles. The van der Waals surface area contributed by atoms with Crippen LogP contribution >= 0.6 is 0 Å². The highest BCUT2D eigenvalue weighted by Crippen LogP contribution is 2.27. The summed E-state index contributed by atoms with van der Waals surface area (Å²) in [5, 5.41) is 0. The summed E-state index contributed by atoms with van der Waals surface area (Å²) < 4.78 is 0. The van der Waals surface area contributed by atoms with E-state index < -0.39 is 0 Å². The summed E-state index contributed by atoms with van der Waals surface area (Å²) >= 11 is 0. The molecule has 6 nitrogen and oxygen atoms in total. The van der Waals surface area contributed by atoms with Gasteiger partial charge >= 0.3 is 0 Å². The Hall–Kier alpha value is -1.85. The van der Waals surface area contributed by atoms with Gasteiger partial charge in [0.05, 0.1) is 0 Å². The molecule has 1 aromatic rings. The van der Waals surface area contributed by atoms with Gasteiger partial charge in [-0.15, -0.1) is 0 Å². The van der Waals surface area contributed by atoms with Gasteiger partial charge in [0, 0.05) is 44.4 Å². The molecule has 2 fully saturated rings. The minimum absolute atomic E-state index is 0.125. The molecule has 0 unspecified atom stereocenters. The topological polar surface area (TPSA) is 69.3 Å². The summed E-state index contributed by atoms with van der Waals surface area (Å²) in [4.78, 5) is 37.1. The van der Waals surface area contributed by atoms with E-state index in [9.17, 15) is 9.59 Å². The lowest BCUT2D eigenvalue weighted by molar-refractivity contribution is -0.148. The van der Waals surface area contributed by atoms with E-state index >= 15 is 0 Å². The lowest BCUT2D eigenvalue weighted by atomic mass is 9.94. The molecule has 2 amide bonds. The van der Waals surface area contributed by atoms with Crippen LogP contribution < -0.4 is 0 Å². The standard InChI is InChI=1S/C19H30N4O2/c1-14(2)12-16(23-11-4-3-7-17(23)24)19(25)22-10-5-6-15(13-22)18-20-8-9-21-18/h8-9,14-16H,3-7,10-13H2,1-2H3,(H,20,21)/t15-,16+/m0/s1. The molecular formula is C19H30N4O2. The maximum Gasteiger partial charge on any atom is 0.245 e. The molecule has 2 atom stereocenters. The van der Waals surface area contributed by atoms with Crippen LogP contribution in [0, 0.1) is 5.92 Å². The van der Waals surface area contributed by atoms with Crippen LogP contribution in [0.5, 0.6) is 0 Å². The molecule has 1 aromatic heterocycles. The summed E-state index contributed by atoms with van der Waals surface area (Å²) in [6.45, 7) is 6.44. The Bertz CT molecular complexity index is 584. The normalized spacial score (nSPS) is 23.2. The van der Waals surface area contributed by atoms with E-state index in [2.05, 4.69) is 23.8 Å². The molecular weight excluding hydrogens is 316 g/mol. The number of H-pyrrole nitrogens is 1. The van der Waals surface area contributed by atoms with Crippen molar-refractivity contribution in [2.75, 3.05) is 19.6 Å². The van der Waals surface area contributed by atoms with Crippen LogP contribution in [-0.4, -0.2) is 57.3 Å². The average molecular weight is 346 g/mol. The fourth-order valence-electron chi connectivity index (χ4n) is 4.08. The predicted octanol–water partition coefficient (Wildman–Crippen LogP) is 2.54. The van der Waals surface area contributed by atoms with Gasteiger partial charge in [-0.25, -0.2) is 4.98 Å². The quantitative estimate of drug-likeness (QED) is 0.891. The number of amides is 2. The number of nitrogens with one attached hydrogen (secondary N) is 1. The second-order valence-electron chi connectivity index (χ2n) is 7.79. The third kappa shape index (κ3) is 4.22. The Morgan fingerprint density at radius 1 is 1.32 bits per heavy atom. The van der Waals surface area contributed by atoms with E-state index in [1.807, 2.05) is 16.0 Å². The van der Waals surface area contributed by atoms with E-state index in [4.69, 9.17) is 0 Å². The van der Waals surface area contributed by atoms with E-state index in [-0.39, 0.29) is 23.8 Å². The molecule has 0 radical (unpaired) electrons. The minimum Gasteiger partial charge on any atom is -0.348 e. The number of likely N-dealkylation sites (tertiary alicyclic amines) is 2. The third-order valence-electron chi connectivity index (χ3n) is 5.36. The van der Waals surface area contributed by atoms with Crippen LogP contribution in [0.4, 0.5) is 0 Å². The second-order valence-corrected chi connectivity index (χ2v) is 7.79. The van der Waals surface area contributed by atoms with E-state index in [1.54, 1.807) is 6.20 Å². The van der Waals surface area contributed by atoms with Gasteiger partial charge < -0.3 is 14.8 Å². The number of piperidine rings is 2. The molecule has 2 saturated heterocycles. The fourth-order valence-corrected chi connectivity index (χ4v) is 4.08. The zero-order valence-electron chi connectivity index (χ0n) is 15.4. The monoisotopic (exact) mass is 346 g/mol. The molecule has 0 aromatic carbocycles. The van der Waals surface area contributed by atoms with Gasteiger partial charge in [-0.05, 0) is 38.0 Å². The number of hydrogen-bond acceptors (Lipinski definition) is 3. The number of aromatic nitrogens is 2. The molecule has 0 bridgehead atoms. The predicted molar refractivity (Wildman–Crippen MR) is 95.9 cm³/mol. The smallest absolute Gasteiger partial charge is 0.245 e. The molecule has 138 valence electrons. The van der Waals surface area contributed by atoms with Crippen LogP contribution in [0.1, 0.15) is 64.1 Å². The Kier molecular flexibility index (Phi) is 5.76. The number of hydrogen-bond donors (Lipinski definition) is 1. The highest BCUT2D eigenvalue weighted by Gasteiger charge is 2.36. The van der Waals surface area contributed by atoms with Crippen molar-refractivity contribution in [2.24, 2.45) is 5.92 Å². The molecule has 0 spiro atoms. The lowest BCUT2D eigenvalue weighted by Gasteiger charge is -2.40. The SMILES string of the molecule is CC(C)C[C@H](C(=O)N1CCC[C@H](c2ncc[nH]2)C1)N1CCCCC1=O. The molecule has 3 rings (SSSR count). The summed E-state index contributed by atoms with van der Waals surface area (Å²) in [5.74, 6) is 1.89. The molecule has 3 heterocycles. The summed E-state index contributed by atoms with van der Waals surface area (Å²) in [6.07, 6.45) is 8.91. The summed E-state index contributed by atoms with van der Waals surface area (Å²) in [5.41, 5.74) is 0. The lowest BCUT2D eigenvalue weighted by Crippen LogP contribution is -2.54. The molecule has 0 aliphatic carbocycles. The fraction of sp³-hybridized carbons (Fsp3) is 0.737. The van der Waals surface area contributed by atoms with Gasteiger partial charge in [0.2, 0.25) is 11.8 Å². The Morgan fingerprint density at radius 3 is 2.84 bits per heavy atom. The molecule has 1 N–H and O–H groups in total. The number of aromatic amines is 1. The van der Waals surface area contributed by atoms with Gasteiger partial charge in [-0.3, -0.25) is 9.59 Å². The van der Waals surface area contributed by atoms with Gasteiger partial charge in [0.25, 0.3) is 0 Å². The van der Waals surface area contributed by atoms with E-state index in [0.717, 1.165) is 51.0 Å². The van der Waals surface area contributed by atoms with Crippen LogP contribution in [0.2, 0.25) is 0 Å². The van der Waals surface area contributed by atoms with Crippen LogP contribution in [-0.2, 0) is 9.59 Å². The van der Waals surface area contributed by atoms with Gasteiger partial charge in [0.15, 0.2) is 0 Å². The maximum atomic E-state index is 13.3. The first-order chi connectivity index (χ1) is 12.1. The first-order valence-electron chi connectivity index (χ1n) is 9.63. The highest BCUT2D eigenvalue weighted by atomic mass is 16.2. The zero-order valence-corrected chi connectivity index (χ0v) is 15.4. The summed E-state index contributed by atoms with van der Waals surface area (Å²) in [6, 6.07) is -0.303. The molecule has 6 heteroatoms. The first-order valence-corrected chi connectivity index (χ1v) is 9.63. The Labute approximate surface area is 150 Å². The van der Waals surface area contributed by atoms with E-state index in [1.165, 1.54) is 0 Å². The summed E-state index contributed by atoms with van der Waals surface area (Å²) in [7, 11) is 0. The van der Waals surface area contributed by atoms with Gasteiger partial charge in [0.1, 0.15) is 11.9 Å². The van der Waals surface area contributed by atoms with Crippen molar-refractivity contribution in [3.05, 3.63) is 18.2 Å².